The van der Waals surface area contributed by atoms with E-state index in [2.05, 4.69) is 36.5 Å². The Morgan fingerprint density at radius 2 is 1.55 bits per heavy atom. The first-order valence-electron chi connectivity index (χ1n) is 9.58. The maximum absolute atomic E-state index is 11.0. The minimum atomic E-state index is -1.39. The molecule has 11 heteroatoms. The number of carbonyl (C=O) groups is 5. The molecule has 172 valence electrons. The van der Waals surface area contributed by atoms with Crippen LogP contribution >= 0.6 is 0 Å². The molecule has 0 saturated carbocycles. The van der Waals surface area contributed by atoms with Gasteiger partial charge in [-0.15, -0.1) is 0 Å². The fourth-order valence-corrected chi connectivity index (χ4v) is 2.12. The number of hydrogen-bond acceptors (Lipinski definition) is 5. The molecule has 0 heterocycles. The van der Waals surface area contributed by atoms with Crippen LogP contribution in [0.25, 0.3) is 0 Å². The van der Waals surface area contributed by atoms with Crippen LogP contribution in [-0.4, -0.2) is 64.3 Å². The van der Waals surface area contributed by atoms with Gasteiger partial charge in [0.05, 0.1) is 0 Å². The van der Waals surface area contributed by atoms with E-state index in [1.165, 1.54) is 11.1 Å². The zero-order valence-corrected chi connectivity index (χ0v) is 17.5. The first-order chi connectivity index (χ1) is 14.5. The van der Waals surface area contributed by atoms with Crippen molar-refractivity contribution in [2.75, 3.05) is 13.1 Å². The van der Waals surface area contributed by atoms with E-state index in [1.807, 2.05) is 17.6 Å². The Balaban J connectivity index is 0.000000590. The molecule has 1 aromatic carbocycles. The lowest BCUT2D eigenvalue weighted by Gasteiger charge is -2.13. The zero-order chi connectivity index (χ0) is 23.8. The number of hydrogen-bond donors (Lipinski definition) is 6. The average Bonchev–Trinajstić information content (AvgIpc) is 2.71. The minimum absolute atomic E-state index is 0.122. The van der Waals surface area contributed by atoms with Gasteiger partial charge in [-0.2, -0.15) is 0 Å². The third kappa shape index (κ3) is 14.9. The van der Waals surface area contributed by atoms with Gasteiger partial charge in [-0.05, 0) is 25.3 Å². The normalized spacial score (nSPS) is 10.6. The molecule has 1 unspecified atom stereocenters. The first kappa shape index (κ1) is 27.4. The SMILES string of the molecule is CCC(=O)NCCc1ccc(C)cc1.O=C(O)CCC(NC(=O)NCC(=O)O)C(=O)O. The molecule has 1 rings (SSSR count). The molecular formula is C20H29N3O8. The summed E-state index contributed by atoms with van der Waals surface area (Å²) in [7, 11) is 0. The summed E-state index contributed by atoms with van der Waals surface area (Å²) >= 11 is 0. The number of carboxylic acid groups (broad SMARTS) is 3. The molecule has 1 atom stereocenters. The van der Waals surface area contributed by atoms with Crippen molar-refractivity contribution in [2.45, 2.75) is 45.6 Å². The van der Waals surface area contributed by atoms with Gasteiger partial charge in [0.15, 0.2) is 0 Å². The number of carbonyl (C=O) groups excluding carboxylic acids is 2. The molecule has 6 N–H and O–H groups in total. The number of amides is 3. The highest BCUT2D eigenvalue weighted by atomic mass is 16.4. The predicted octanol–water partition coefficient (Wildman–Crippen LogP) is 0.752. The average molecular weight is 439 g/mol. The van der Waals surface area contributed by atoms with Gasteiger partial charge in [-0.1, -0.05) is 36.8 Å². The van der Waals surface area contributed by atoms with E-state index in [0.717, 1.165) is 13.0 Å². The van der Waals surface area contributed by atoms with Crippen molar-refractivity contribution < 1.29 is 39.3 Å². The van der Waals surface area contributed by atoms with Crippen LogP contribution < -0.4 is 16.0 Å². The summed E-state index contributed by atoms with van der Waals surface area (Å²) in [5.74, 6) is -3.74. The Labute approximate surface area is 179 Å². The maximum atomic E-state index is 11.0. The molecule has 0 fully saturated rings. The number of aryl methyl sites for hydroxylation is 1. The van der Waals surface area contributed by atoms with Gasteiger partial charge in [0, 0.05) is 19.4 Å². The summed E-state index contributed by atoms with van der Waals surface area (Å²) in [6.45, 7) is 4.01. The monoisotopic (exact) mass is 439 g/mol. The molecule has 0 spiro atoms. The second kappa shape index (κ2) is 15.2. The minimum Gasteiger partial charge on any atom is -0.481 e. The van der Waals surface area contributed by atoms with Gasteiger partial charge in [-0.3, -0.25) is 14.4 Å². The van der Waals surface area contributed by atoms with Crippen molar-refractivity contribution in [2.24, 2.45) is 0 Å². The van der Waals surface area contributed by atoms with E-state index < -0.39 is 42.9 Å². The summed E-state index contributed by atoms with van der Waals surface area (Å²) in [6.07, 6.45) is 0.765. The van der Waals surface area contributed by atoms with E-state index >= 15 is 0 Å². The first-order valence-corrected chi connectivity index (χ1v) is 9.58. The molecule has 11 nitrogen and oxygen atoms in total. The smallest absolute Gasteiger partial charge is 0.326 e. The zero-order valence-electron chi connectivity index (χ0n) is 17.5. The van der Waals surface area contributed by atoms with E-state index in [9.17, 15) is 24.0 Å². The Hall–Kier alpha value is -3.63. The summed E-state index contributed by atoms with van der Waals surface area (Å²) in [6, 6.07) is 6.04. The Bertz CT molecular complexity index is 749. The Kier molecular flexibility index (Phi) is 13.5. The van der Waals surface area contributed by atoms with Crippen molar-refractivity contribution in [3.8, 4) is 0 Å². The highest BCUT2D eigenvalue weighted by Crippen LogP contribution is 2.03. The Morgan fingerprint density at radius 3 is 2.03 bits per heavy atom. The van der Waals surface area contributed by atoms with Gasteiger partial charge >= 0.3 is 23.9 Å². The van der Waals surface area contributed by atoms with E-state index in [1.54, 1.807) is 0 Å². The lowest BCUT2D eigenvalue weighted by molar-refractivity contribution is -0.140. The van der Waals surface area contributed by atoms with Crippen LogP contribution in [0.4, 0.5) is 4.79 Å². The van der Waals surface area contributed by atoms with Crippen molar-refractivity contribution in [1.29, 1.82) is 0 Å². The highest BCUT2D eigenvalue weighted by molar-refractivity contribution is 5.85. The topological polar surface area (TPSA) is 182 Å². The summed E-state index contributed by atoms with van der Waals surface area (Å²) < 4.78 is 0. The van der Waals surface area contributed by atoms with Crippen LogP contribution in [-0.2, 0) is 25.6 Å². The van der Waals surface area contributed by atoms with Gasteiger partial charge in [0.25, 0.3) is 0 Å². The lowest BCUT2D eigenvalue weighted by Crippen LogP contribution is -2.47. The van der Waals surface area contributed by atoms with Crippen LogP contribution in [0.1, 0.15) is 37.3 Å². The second-order valence-corrected chi connectivity index (χ2v) is 6.48. The quantitative estimate of drug-likeness (QED) is 0.292. The molecule has 0 aliphatic heterocycles. The molecule has 0 aliphatic rings. The predicted molar refractivity (Wildman–Crippen MR) is 111 cm³/mol. The number of rotatable bonds is 11. The highest BCUT2D eigenvalue weighted by Gasteiger charge is 2.20. The van der Waals surface area contributed by atoms with Crippen LogP contribution in [0.15, 0.2) is 24.3 Å². The molecule has 0 saturated heterocycles. The van der Waals surface area contributed by atoms with Crippen molar-refractivity contribution in [3.63, 3.8) is 0 Å². The van der Waals surface area contributed by atoms with Gasteiger partial charge in [-0.25, -0.2) is 9.59 Å². The number of benzene rings is 1. The van der Waals surface area contributed by atoms with Crippen molar-refractivity contribution in [3.05, 3.63) is 35.4 Å². The maximum Gasteiger partial charge on any atom is 0.326 e. The summed E-state index contributed by atoms with van der Waals surface area (Å²) in [4.78, 5) is 52.9. The molecular weight excluding hydrogens is 410 g/mol. The molecule has 3 amide bonds. The van der Waals surface area contributed by atoms with Crippen LogP contribution in [0.3, 0.4) is 0 Å². The number of nitrogens with one attached hydrogen (secondary N) is 3. The molecule has 0 aliphatic carbocycles. The third-order valence-corrected chi connectivity index (χ3v) is 3.83. The fraction of sp³-hybridized carbons (Fsp3) is 0.450. The third-order valence-electron chi connectivity index (χ3n) is 3.83. The molecule has 0 radical (unpaired) electrons. The number of urea groups is 1. The van der Waals surface area contributed by atoms with Gasteiger partial charge in [0.1, 0.15) is 12.6 Å². The van der Waals surface area contributed by atoms with E-state index in [-0.39, 0.29) is 12.3 Å². The standard InChI is InChI=1S/C12H17NO.C8H12N2O7/c1-3-12(14)13-9-8-11-6-4-10(2)5-7-11;11-5(12)2-1-4(7(15)16)10-8(17)9-3-6(13)14/h4-7H,3,8-9H2,1-2H3,(H,13,14);4H,1-3H2,(H,11,12)(H,13,14)(H,15,16)(H2,9,10,17). The van der Waals surface area contributed by atoms with Crippen LogP contribution in [0, 0.1) is 6.92 Å². The van der Waals surface area contributed by atoms with Crippen molar-refractivity contribution in [1.82, 2.24) is 16.0 Å². The van der Waals surface area contributed by atoms with Crippen molar-refractivity contribution >= 4 is 29.8 Å². The van der Waals surface area contributed by atoms with Crippen LogP contribution in [0.2, 0.25) is 0 Å². The summed E-state index contributed by atoms with van der Waals surface area (Å²) in [5.41, 5.74) is 2.54. The molecule has 0 aromatic heterocycles. The second-order valence-electron chi connectivity index (χ2n) is 6.48. The van der Waals surface area contributed by atoms with Gasteiger partial charge in [0.2, 0.25) is 5.91 Å². The molecule has 0 bridgehead atoms. The summed E-state index contributed by atoms with van der Waals surface area (Å²) in [5, 5.41) is 32.0. The lowest BCUT2D eigenvalue weighted by atomic mass is 10.1. The van der Waals surface area contributed by atoms with E-state index in [0.29, 0.717) is 6.42 Å². The molecule has 31 heavy (non-hydrogen) atoms. The number of aliphatic carboxylic acids is 3. The van der Waals surface area contributed by atoms with Gasteiger partial charge < -0.3 is 31.3 Å². The Morgan fingerprint density at radius 1 is 0.935 bits per heavy atom. The fourth-order valence-electron chi connectivity index (χ4n) is 2.12. The van der Waals surface area contributed by atoms with E-state index in [4.69, 9.17) is 15.3 Å². The molecule has 1 aromatic rings. The largest absolute Gasteiger partial charge is 0.481 e. The van der Waals surface area contributed by atoms with Crippen LogP contribution in [0.5, 0.6) is 0 Å². The number of carboxylic acids is 3.